The van der Waals surface area contributed by atoms with E-state index in [0.29, 0.717) is 0 Å². The van der Waals surface area contributed by atoms with Crippen molar-refractivity contribution in [1.29, 1.82) is 0 Å². The summed E-state index contributed by atoms with van der Waals surface area (Å²) in [6.07, 6.45) is 5.97. The van der Waals surface area contributed by atoms with E-state index >= 15 is 0 Å². The fraction of sp³-hybridized carbons (Fsp3) is 0.875. The van der Waals surface area contributed by atoms with Gasteiger partial charge in [-0.3, -0.25) is 5.21 Å². The molecule has 0 bridgehead atoms. The van der Waals surface area contributed by atoms with Crippen LogP contribution >= 0.6 is 24.0 Å². The van der Waals surface area contributed by atoms with Gasteiger partial charge in [-0.25, -0.2) is 4.79 Å². The molecule has 23 heavy (non-hydrogen) atoms. The second kappa shape index (κ2) is 7.57. The maximum atomic E-state index is 12.5. The van der Waals surface area contributed by atoms with Gasteiger partial charge in [0.1, 0.15) is 10.5 Å². The summed E-state index contributed by atoms with van der Waals surface area (Å²) in [7, 11) is 0. The van der Waals surface area contributed by atoms with Crippen molar-refractivity contribution in [3.05, 3.63) is 0 Å². The molecule has 0 aromatic carbocycles. The molecule has 2 aliphatic rings. The highest BCUT2D eigenvalue weighted by Crippen LogP contribution is 2.43. The molecule has 2 fully saturated rings. The summed E-state index contributed by atoms with van der Waals surface area (Å²) >= 11 is 7.05. The molecule has 2 atom stereocenters. The van der Waals surface area contributed by atoms with Gasteiger partial charge in [0.2, 0.25) is 0 Å². The van der Waals surface area contributed by atoms with Crippen molar-refractivity contribution >= 4 is 34.3 Å². The summed E-state index contributed by atoms with van der Waals surface area (Å²) in [5.74, 6) is 0. The van der Waals surface area contributed by atoms with Crippen LogP contribution in [0.5, 0.6) is 0 Å². The minimum absolute atomic E-state index is 0.173. The number of thiocarbonyl (C=S) groups is 1. The predicted octanol–water partition coefficient (Wildman–Crippen LogP) is 3.96. The Hall–Kier alpha value is -0.530. The largest absolute Gasteiger partial charge is 0.343 e. The van der Waals surface area contributed by atoms with Crippen LogP contribution in [0.2, 0.25) is 0 Å². The molecule has 0 spiro atoms. The fourth-order valence-corrected chi connectivity index (χ4v) is 5.47. The number of hydrogen-bond acceptors (Lipinski definition) is 4. The molecule has 0 aromatic heterocycles. The third kappa shape index (κ3) is 4.12. The molecule has 2 rings (SSSR count). The van der Waals surface area contributed by atoms with Gasteiger partial charge in [0.05, 0.1) is 4.75 Å². The number of urea groups is 1. The summed E-state index contributed by atoms with van der Waals surface area (Å²) in [5.41, 5.74) is 0. The molecule has 7 heteroatoms. The van der Waals surface area contributed by atoms with E-state index < -0.39 is 12.2 Å². The summed E-state index contributed by atoms with van der Waals surface area (Å²) in [4.78, 5) is 14.5. The second-order valence-electron chi connectivity index (χ2n) is 7.14. The average molecular weight is 360 g/mol. The van der Waals surface area contributed by atoms with Gasteiger partial charge < -0.3 is 10.2 Å². The van der Waals surface area contributed by atoms with Gasteiger partial charge >= 0.3 is 6.03 Å². The average Bonchev–Trinajstić information content (AvgIpc) is 2.75. The number of nitrogens with zero attached hydrogens (tertiary/aromatic N) is 2. The minimum atomic E-state index is -0.446. The number of hydroxylamine groups is 2. The quantitative estimate of drug-likeness (QED) is 0.452. The van der Waals surface area contributed by atoms with E-state index in [2.05, 4.69) is 19.2 Å². The van der Waals surface area contributed by atoms with Gasteiger partial charge in [-0.05, 0) is 40.0 Å². The van der Waals surface area contributed by atoms with E-state index in [1.165, 1.54) is 6.42 Å². The normalized spacial score (nSPS) is 26.2. The number of carbonyl (C=O) groups excluding carboxylic acids is 1. The van der Waals surface area contributed by atoms with Crippen molar-refractivity contribution < 1.29 is 10.0 Å². The molecule has 2 amide bonds. The molecule has 0 unspecified atom stereocenters. The highest BCUT2D eigenvalue weighted by molar-refractivity contribution is 8.24. The van der Waals surface area contributed by atoms with Crippen LogP contribution in [0.1, 0.15) is 66.2 Å². The first-order valence-corrected chi connectivity index (χ1v) is 9.80. The van der Waals surface area contributed by atoms with Crippen LogP contribution in [0.25, 0.3) is 0 Å². The van der Waals surface area contributed by atoms with Gasteiger partial charge in [0.25, 0.3) is 0 Å². The lowest BCUT2D eigenvalue weighted by atomic mass is 9.96. The number of hydrogen-bond donors (Lipinski definition) is 2. The lowest BCUT2D eigenvalue weighted by Gasteiger charge is -2.40. The molecule has 1 aliphatic heterocycles. The highest BCUT2D eigenvalue weighted by Gasteiger charge is 2.50. The molecule has 5 nitrogen and oxygen atoms in total. The van der Waals surface area contributed by atoms with Crippen molar-refractivity contribution in [2.24, 2.45) is 0 Å². The Morgan fingerprint density at radius 2 is 2.09 bits per heavy atom. The van der Waals surface area contributed by atoms with Gasteiger partial charge in [0, 0.05) is 12.1 Å². The maximum Gasteiger partial charge on any atom is 0.343 e. The zero-order valence-electron chi connectivity index (χ0n) is 14.5. The summed E-state index contributed by atoms with van der Waals surface area (Å²) in [5, 5.41) is 14.5. The molecule has 0 aromatic rings. The van der Waals surface area contributed by atoms with E-state index in [1.54, 1.807) is 11.8 Å². The maximum absolute atomic E-state index is 12.5. The lowest BCUT2D eigenvalue weighted by Crippen LogP contribution is -2.59. The number of amides is 2. The Bertz CT molecular complexity index is 453. The summed E-state index contributed by atoms with van der Waals surface area (Å²) in [6.45, 7) is 8.21. The van der Waals surface area contributed by atoms with E-state index in [9.17, 15) is 10.0 Å². The third-order valence-corrected chi connectivity index (χ3v) is 6.47. The smallest absolute Gasteiger partial charge is 0.333 e. The Morgan fingerprint density at radius 3 is 2.65 bits per heavy atom. The monoisotopic (exact) mass is 359 g/mol. The van der Waals surface area contributed by atoms with Crippen molar-refractivity contribution in [1.82, 2.24) is 15.3 Å². The third-order valence-electron chi connectivity index (χ3n) is 4.88. The Kier molecular flexibility index (Phi) is 6.19. The van der Waals surface area contributed by atoms with Crippen molar-refractivity contribution in [2.75, 3.05) is 0 Å². The standard InChI is InChI=1S/C16H29N3O2S2/c1-5-11(2)18-13(16(3,4)23-15(18)22)19(21)14(20)17-12-9-7-6-8-10-12/h11-13,21H,5-10H2,1-4H3,(H,17,20)/t11-,13+/m0/s1. The van der Waals surface area contributed by atoms with E-state index in [4.69, 9.17) is 12.2 Å². The minimum Gasteiger partial charge on any atom is -0.333 e. The summed E-state index contributed by atoms with van der Waals surface area (Å²) in [6, 6.07) is -0.0560. The van der Waals surface area contributed by atoms with Crippen LogP contribution in [-0.4, -0.2) is 48.5 Å². The van der Waals surface area contributed by atoms with Gasteiger partial charge in [0.15, 0.2) is 0 Å². The second-order valence-corrected chi connectivity index (χ2v) is 9.43. The lowest BCUT2D eigenvalue weighted by molar-refractivity contribution is -0.125. The van der Waals surface area contributed by atoms with Crippen molar-refractivity contribution in [3.63, 3.8) is 0 Å². The number of thioether (sulfide) groups is 1. The molecule has 1 saturated carbocycles. The molecule has 0 radical (unpaired) electrons. The van der Waals surface area contributed by atoms with Crippen LogP contribution < -0.4 is 5.32 Å². The zero-order chi connectivity index (χ0) is 17.2. The molecule has 132 valence electrons. The first-order chi connectivity index (χ1) is 10.8. The topological polar surface area (TPSA) is 55.8 Å². The van der Waals surface area contributed by atoms with E-state index in [-0.39, 0.29) is 16.8 Å². The van der Waals surface area contributed by atoms with Crippen LogP contribution in [0, 0.1) is 0 Å². The van der Waals surface area contributed by atoms with Crippen molar-refractivity contribution in [3.8, 4) is 0 Å². The summed E-state index contributed by atoms with van der Waals surface area (Å²) < 4.78 is 0.401. The van der Waals surface area contributed by atoms with Crippen molar-refractivity contribution in [2.45, 2.75) is 89.2 Å². The predicted molar refractivity (Wildman–Crippen MR) is 98.7 cm³/mol. The van der Waals surface area contributed by atoms with E-state index in [0.717, 1.165) is 41.5 Å². The van der Waals surface area contributed by atoms with E-state index in [1.807, 2.05) is 18.7 Å². The first-order valence-electron chi connectivity index (χ1n) is 8.57. The van der Waals surface area contributed by atoms with Gasteiger partial charge in [-0.1, -0.05) is 50.2 Å². The van der Waals surface area contributed by atoms with Crippen LogP contribution in [0.4, 0.5) is 4.79 Å². The molecular formula is C16H29N3O2S2. The SMILES string of the molecule is CC[C@H](C)N1C(=S)SC(C)(C)[C@H]1N(O)C(=O)NC1CCCCC1. The number of rotatable bonds is 4. The molecular weight excluding hydrogens is 330 g/mol. The Morgan fingerprint density at radius 1 is 1.48 bits per heavy atom. The van der Waals surface area contributed by atoms with Crippen LogP contribution in [0.15, 0.2) is 0 Å². The molecule has 1 saturated heterocycles. The number of nitrogens with one attached hydrogen (secondary N) is 1. The molecule has 1 heterocycles. The fourth-order valence-electron chi connectivity index (χ4n) is 3.39. The van der Waals surface area contributed by atoms with Gasteiger partial charge in [-0.15, -0.1) is 0 Å². The Balaban J connectivity index is 2.11. The first kappa shape index (κ1) is 18.8. The Labute approximate surface area is 149 Å². The van der Waals surface area contributed by atoms with Gasteiger partial charge in [-0.2, -0.15) is 5.06 Å². The van der Waals surface area contributed by atoms with Crippen LogP contribution in [0.3, 0.4) is 0 Å². The number of carbonyl (C=O) groups is 1. The van der Waals surface area contributed by atoms with Crippen LogP contribution in [-0.2, 0) is 0 Å². The zero-order valence-corrected chi connectivity index (χ0v) is 16.2. The highest BCUT2D eigenvalue weighted by atomic mass is 32.2. The molecule has 1 aliphatic carbocycles. The molecule has 2 N–H and O–H groups in total.